The number of hydrogen-bond acceptors (Lipinski definition) is 3. The largest absolute Gasteiger partial charge is 0.325 e. The van der Waals surface area contributed by atoms with E-state index < -0.39 is 28.3 Å². The van der Waals surface area contributed by atoms with Gasteiger partial charge in [0.05, 0.1) is 11.4 Å². The van der Waals surface area contributed by atoms with Crippen molar-refractivity contribution in [2.45, 2.75) is 18.4 Å². The molecular weight excluding hydrogens is 507 g/mol. The van der Waals surface area contributed by atoms with Gasteiger partial charge in [-0.05, 0) is 60.5 Å². The number of amides is 1. The number of nitrogens with zero attached hydrogens (tertiary/aromatic N) is 1. The monoisotopic (exact) mass is 524 g/mol. The van der Waals surface area contributed by atoms with E-state index in [-0.39, 0.29) is 17.1 Å². The van der Waals surface area contributed by atoms with Crippen LogP contribution in [0.3, 0.4) is 0 Å². The summed E-state index contributed by atoms with van der Waals surface area (Å²) in [4.78, 5) is 12.8. The molecule has 0 radical (unpaired) electrons. The van der Waals surface area contributed by atoms with Gasteiger partial charge in [0, 0.05) is 21.7 Å². The normalized spacial score (nSPS) is 11.5. The maximum atomic E-state index is 13.6. The van der Waals surface area contributed by atoms with E-state index in [1.165, 1.54) is 30.3 Å². The Hall–Kier alpha value is -2.26. The summed E-state index contributed by atoms with van der Waals surface area (Å²) in [5.74, 6) is -1.10. The van der Waals surface area contributed by atoms with E-state index in [0.29, 0.717) is 16.1 Å². The highest BCUT2D eigenvalue weighted by molar-refractivity contribution is 9.10. The van der Waals surface area contributed by atoms with E-state index in [4.69, 9.17) is 11.6 Å². The predicted octanol–water partition coefficient (Wildman–Crippen LogP) is 5.38. The summed E-state index contributed by atoms with van der Waals surface area (Å²) in [6.07, 6.45) is 0. The van der Waals surface area contributed by atoms with Gasteiger partial charge in [-0.25, -0.2) is 12.8 Å². The lowest BCUT2D eigenvalue weighted by atomic mass is 10.2. The second kappa shape index (κ2) is 9.91. The van der Waals surface area contributed by atoms with Crippen LogP contribution >= 0.6 is 27.5 Å². The fourth-order valence-electron chi connectivity index (χ4n) is 2.88. The van der Waals surface area contributed by atoms with Crippen molar-refractivity contribution in [2.24, 2.45) is 0 Å². The summed E-state index contributed by atoms with van der Waals surface area (Å²) >= 11 is 9.50. The van der Waals surface area contributed by atoms with Gasteiger partial charge in [0.1, 0.15) is 5.82 Å². The highest BCUT2D eigenvalue weighted by Crippen LogP contribution is 2.24. The van der Waals surface area contributed by atoms with Crippen molar-refractivity contribution in [3.8, 4) is 0 Å². The molecule has 9 heteroatoms. The van der Waals surface area contributed by atoms with Crippen molar-refractivity contribution in [2.75, 3.05) is 11.9 Å². The molecule has 162 valence electrons. The van der Waals surface area contributed by atoms with Gasteiger partial charge in [0.2, 0.25) is 15.9 Å². The highest BCUT2D eigenvalue weighted by atomic mass is 79.9. The van der Waals surface area contributed by atoms with E-state index in [0.717, 1.165) is 8.78 Å². The molecule has 0 unspecified atom stereocenters. The lowest BCUT2D eigenvalue weighted by molar-refractivity contribution is -0.116. The van der Waals surface area contributed by atoms with E-state index in [1.54, 1.807) is 43.3 Å². The quantitative estimate of drug-likeness (QED) is 0.450. The summed E-state index contributed by atoms with van der Waals surface area (Å²) in [6, 6.07) is 16.9. The highest BCUT2D eigenvalue weighted by Gasteiger charge is 2.27. The second-order valence-electron chi connectivity index (χ2n) is 6.83. The number of rotatable bonds is 7. The molecule has 0 aliphatic heterocycles. The van der Waals surface area contributed by atoms with Crippen molar-refractivity contribution in [3.05, 3.63) is 93.2 Å². The number of hydrogen-bond donors (Lipinski definition) is 1. The second-order valence-corrected chi connectivity index (χ2v) is 10.1. The van der Waals surface area contributed by atoms with Crippen LogP contribution in [0.5, 0.6) is 0 Å². The Morgan fingerprint density at radius 2 is 1.77 bits per heavy atom. The van der Waals surface area contributed by atoms with Gasteiger partial charge in [-0.1, -0.05) is 51.8 Å². The van der Waals surface area contributed by atoms with E-state index in [1.807, 2.05) is 0 Å². The molecule has 0 heterocycles. The van der Waals surface area contributed by atoms with Crippen LogP contribution in [0.15, 0.2) is 76.1 Å². The smallest absolute Gasteiger partial charge is 0.243 e. The van der Waals surface area contributed by atoms with Crippen LogP contribution in [0.4, 0.5) is 10.1 Å². The molecule has 3 rings (SSSR count). The molecule has 0 bridgehead atoms. The Kier molecular flexibility index (Phi) is 7.48. The Morgan fingerprint density at radius 1 is 1.10 bits per heavy atom. The Bertz CT molecular complexity index is 1200. The first kappa shape index (κ1) is 23.4. The summed E-state index contributed by atoms with van der Waals surface area (Å²) in [5.41, 5.74) is 1.49. The molecule has 0 fully saturated rings. The molecule has 0 aliphatic rings. The number of halogens is 3. The van der Waals surface area contributed by atoms with Crippen LogP contribution in [0.25, 0.3) is 0 Å². The third-order valence-corrected chi connectivity index (χ3v) is 7.25. The van der Waals surface area contributed by atoms with Crippen LogP contribution in [0.1, 0.15) is 11.1 Å². The molecule has 1 amide bonds. The molecule has 0 atom stereocenters. The lowest BCUT2D eigenvalue weighted by Crippen LogP contribution is -2.37. The van der Waals surface area contributed by atoms with Crippen molar-refractivity contribution < 1.29 is 17.6 Å². The fraction of sp³-hybridized carbons (Fsp3) is 0.136. The topological polar surface area (TPSA) is 66.5 Å². The Balaban J connectivity index is 1.91. The summed E-state index contributed by atoms with van der Waals surface area (Å²) in [5, 5.41) is 2.98. The number of carbonyl (C=O) groups is 1. The van der Waals surface area contributed by atoms with Gasteiger partial charge in [-0.3, -0.25) is 4.79 Å². The van der Waals surface area contributed by atoms with Gasteiger partial charge in [-0.15, -0.1) is 0 Å². The molecule has 5 nitrogen and oxygen atoms in total. The van der Waals surface area contributed by atoms with Crippen molar-refractivity contribution >= 4 is 49.1 Å². The van der Waals surface area contributed by atoms with E-state index in [9.17, 15) is 17.6 Å². The number of anilines is 1. The lowest BCUT2D eigenvalue weighted by Gasteiger charge is -2.23. The standard InChI is InChI=1S/C22H19BrClFN2O3S/c1-15-6-9-18(25)12-21(15)26-22(28)14-27(13-16-4-2-3-5-20(16)24)31(29,30)19-10-7-17(23)8-11-19/h2-12H,13-14H2,1H3,(H,26,28). The number of benzene rings is 3. The number of carbonyl (C=O) groups excluding carboxylic acids is 1. The van der Waals surface area contributed by atoms with Crippen LogP contribution in [-0.4, -0.2) is 25.2 Å². The van der Waals surface area contributed by atoms with Gasteiger partial charge in [-0.2, -0.15) is 4.31 Å². The fourth-order valence-corrected chi connectivity index (χ4v) is 4.71. The van der Waals surface area contributed by atoms with Gasteiger partial charge in [0.25, 0.3) is 0 Å². The molecule has 0 saturated heterocycles. The van der Waals surface area contributed by atoms with Crippen LogP contribution in [0.2, 0.25) is 5.02 Å². The average Bonchev–Trinajstić information content (AvgIpc) is 2.72. The first-order valence-corrected chi connectivity index (χ1v) is 11.8. The zero-order chi connectivity index (χ0) is 22.6. The number of aryl methyl sites for hydroxylation is 1. The number of sulfonamides is 1. The molecule has 3 aromatic rings. The predicted molar refractivity (Wildman–Crippen MR) is 123 cm³/mol. The SMILES string of the molecule is Cc1ccc(F)cc1NC(=O)CN(Cc1ccccc1Cl)S(=O)(=O)c1ccc(Br)cc1. The third-order valence-electron chi connectivity index (χ3n) is 4.55. The maximum Gasteiger partial charge on any atom is 0.243 e. The maximum absolute atomic E-state index is 13.6. The molecule has 1 N–H and O–H groups in total. The molecule has 0 aliphatic carbocycles. The van der Waals surface area contributed by atoms with Crippen LogP contribution in [0, 0.1) is 12.7 Å². The third kappa shape index (κ3) is 5.92. The Morgan fingerprint density at radius 3 is 2.45 bits per heavy atom. The molecule has 3 aromatic carbocycles. The van der Waals surface area contributed by atoms with E-state index in [2.05, 4.69) is 21.2 Å². The molecule has 0 spiro atoms. The van der Waals surface area contributed by atoms with Gasteiger partial charge >= 0.3 is 0 Å². The van der Waals surface area contributed by atoms with Gasteiger partial charge in [0.15, 0.2) is 0 Å². The zero-order valence-electron chi connectivity index (χ0n) is 16.5. The van der Waals surface area contributed by atoms with Crippen molar-refractivity contribution in [3.63, 3.8) is 0 Å². The minimum absolute atomic E-state index is 0.0393. The first-order valence-electron chi connectivity index (χ1n) is 9.22. The molecular formula is C22H19BrClFN2O3S. The van der Waals surface area contributed by atoms with Gasteiger partial charge < -0.3 is 5.32 Å². The van der Waals surface area contributed by atoms with E-state index >= 15 is 0 Å². The molecule has 0 aromatic heterocycles. The molecule has 0 saturated carbocycles. The summed E-state index contributed by atoms with van der Waals surface area (Å²) in [7, 11) is -4.02. The number of nitrogens with one attached hydrogen (secondary N) is 1. The van der Waals surface area contributed by atoms with Crippen molar-refractivity contribution in [1.29, 1.82) is 0 Å². The minimum Gasteiger partial charge on any atom is -0.325 e. The summed E-state index contributed by atoms with van der Waals surface area (Å²) < 4.78 is 41.9. The average molecular weight is 526 g/mol. The molecule has 31 heavy (non-hydrogen) atoms. The first-order chi connectivity index (χ1) is 14.7. The zero-order valence-corrected chi connectivity index (χ0v) is 19.6. The Labute approximate surface area is 194 Å². The van der Waals surface area contributed by atoms with Crippen LogP contribution < -0.4 is 5.32 Å². The van der Waals surface area contributed by atoms with Crippen molar-refractivity contribution in [1.82, 2.24) is 4.31 Å². The van der Waals surface area contributed by atoms with Crippen LogP contribution in [-0.2, 0) is 21.4 Å². The summed E-state index contributed by atoms with van der Waals surface area (Å²) in [6.45, 7) is 1.14. The minimum atomic E-state index is -4.02.